The number of fused-ring (bicyclic) bond motifs is 1. The number of nitrogens with two attached hydrogens (primary N) is 1. The van der Waals surface area contributed by atoms with Crippen molar-refractivity contribution < 1.29 is 4.42 Å². The van der Waals surface area contributed by atoms with E-state index in [1.807, 2.05) is 19.1 Å². The highest BCUT2D eigenvalue weighted by atomic mass is 16.3. The van der Waals surface area contributed by atoms with Crippen molar-refractivity contribution in [3.63, 3.8) is 0 Å². The van der Waals surface area contributed by atoms with Gasteiger partial charge in [0.1, 0.15) is 5.76 Å². The van der Waals surface area contributed by atoms with Crippen LogP contribution in [0.15, 0.2) is 41.0 Å². The number of furan rings is 1. The predicted octanol–water partition coefficient (Wildman–Crippen LogP) is 2.82. The highest BCUT2D eigenvalue weighted by Crippen LogP contribution is 2.24. The monoisotopic (exact) mass is 353 g/mol. The van der Waals surface area contributed by atoms with Crippen LogP contribution in [0.4, 0.5) is 5.95 Å². The first-order valence-corrected chi connectivity index (χ1v) is 9.42. The van der Waals surface area contributed by atoms with Gasteiger partial charge in [0, 0.05) is 37.8 Å². The van der Waals surface area contributed by atoms with E-state index < -0.39 is 0 Å². The molecule has 6 nitrogen and oxygen atoms in total. The quantitative estimate of drug-likeness (QED) is 0.713. The van der Waals surface area contributed by atoms with Crippen molar-refractivity contribution in [2.75, 3.05) is 31.5 Å². The van der Waals surface area contributed by atoms with Crippen molar-refractivity contribution in [2.24, 2.45) is 5.73 Å². The number of piperidine rings is 1. The lowest BCUT2D eigenvalue weighted by Gasteiger charge is -2.32. The Bertz CT molecular complexity index is 860. The molecule has 0 radical (unpaired) electrons. The zero-order chi connectivity index (χ0) is 17.9. The minimum atomic E-state index is 0.449. The van der Waals surface area contributed by atoms with E-state index in [0.717, 1.165) is 68.3 Å². The van der Waals surface area contributed by atoms with E-state index in [1.165, 1.54) is 5.56 Å². The second-order valence-electron chi connectivity index (χ2n) is 7.06. The second kappa shape index (κ2) is 7.51. The van der Waals surface area contributed by atoms with Crippen molar-refractivity contribution >= 4 is 17.0 Å². The number of aryl methyl sites for hydroxylation is 1. The Hall–Kier alpha value is -2.31. The number of likely N-dealkylation sites (tertiary alicyclic amines) is 1. The van der Waals surface area contributed by atoms with E-state index in [-0.39, 0.29) is 0 Å². The molecule has 0 bridgehead atoms. The second-order valence-corrected chi connectivity index (χ2v) is 7.06. The molecular formula is C20H27N5O. The maximum Gasteiger partial charge on any atom is 0.204 e. The third-order valence-electron chi connectivity index (χ3n) is 5.32. The smallest absolute Gasteiger partial charge is 0.204 e. The number of hydrogen-bond donors (Lipinski definition) is 2. The summed E-state index contributed by atoms with van der Waals surface area (Å²) in [5.74, 6) is 1.91. The average molecular weight is 353 g/mol. The van der Waals surface area contributed by atoms with Crippen molar-refractivity contribution in [1.29, 1.82) is 0 Å². The Balaban J connectivity index is 1.56. The fraction of sp³-hybridized carbons (Fsp3) is 0.450. The maximum absolute atomic E-state index is 5.68. The Morgan fingerprint density at radius 2 is 2.04 bits per heavy atom. The van der Waals surface area contributed by atoms with Gasteiger partial charge in [0.05, 0.1) is 23.8 Å². The summed E-state index contributed by atoms with van der Waals surface area (Å²) in [6.07, 6.45) is 3.99. The van der Waals surface area contributed by atoms with Crippen LogP contribution < -0.4 is 11.1 Å². The van der Waals surface area contributed by atoms with Crippen LogP contribution in [0.1, 0.15) is 24.2 Å². The minimum Gasteiger partial charge on any atom is -0.469 e. The van der Waals surface area contributed by atoms with Crippen LogP contribution in [0.25, 0.3) is 11.0 Å². The molecule has 2 aromatic heterocycles. The number of aromatic nitrogens is 2. The number of imidazole rings is 1. The topological polar surface area (TPSA) is 72.2 Å². The van der Waals surface area contributed by atoms with Gasteiger partial charge in [0.15, 0.2) is 0 Å². The van der Waals surface area contributed by atoms with Crippen molar-refractivity contribution in [3.05, 3.63) is 47.9 Å². The van der Waals surface area contributed by atoms with Crippen molar-refractivity contribution in [3.8, 4) is 0 Å². The molecule has 26 heavy (non-hydrogen) atoms. The van der Waals surface area contributed by atoms with Gasteiger partial charge in [0.2, 0.25) is 5.95 Å². The molecule has 3 heterocycles. The van der Waals surface area contributed by atoms with Crippen LogP contribution in [-0.4, -0.2) is 46.7 Å². The Morgan fingerprint density at radius 3 is 2.77 bits per heavy atom. The molecule has 0 unspecified atom stereocenters. The van der Waals surface area contributed by atoms with Crippen molar-refractivity contribution in [1.82, 2.24) is 14.5 Å². The first-order valence-electron chi connectivity index (χ1n) is 9.42. The molecule has 0 spiro atoms. The van der Waals surface area contributed by atoms with E-state index in [0.29, 0.717) is 6.04 Å². The van der Waals surface area contributed by atoms with Gasteiger partial charge in [0.25, 0.3) is 0 Å². The van der Waals surface area contributed by atoms with E-state index in [2.05, 4.69) is 33.0 Å². The molecule has 1 fully saturated rings. The molecule has 0 atom stereocenters. The van der Waals surface area contributed by atoms with Crippen molar-refractivity contribution in [2.45, 2.75) is 32.4 Å². The van der Waals surface area contributed by atoms with Gasteiger partial charge >= 0.3 is 0 Å². The number of benzene rings is 1. The molecule has 138 valence electrons. The van der Waals surface area contributed by atoms with Gasteiger partial charge in [-0.1, -0.05) is 12.1 Å². The molecule has 3 aromatic rings. The Morgan fingerprint density at radius 1 is 1.23 bits per heavy atom. The third-order valence-corrected chi connectivity index (χ3v) is 5.32. The molecule has 0 aliphatic carbocycles. The summed E-state index contributed by atoms with van der Waals surface area (Å²) in [7, 11) is 0. The number of para-hydroxylation sites is 2. The summed E-state index contributed by atoms with van der Waals surface area (Å²) in [6, 6.07) is 10.8. The highest BCUT2D eigenvalue weighted by Gasteiger charge is 2.21. The van der Waals surface area contributed by atoms with Crippen LogP contribution in [-0.2, 0) is 6.54 Å². The lowest BCUT2D eigenvalue weighted by Crippen LogP contribution is -2.41. The molecule has 1 saturated heterocycles. The maximum atomic E-state index is 5.68. The van der Waals surface area contributed by atoms with E-state index in [4.69, 9.17) is 15.1 Å². The van der Waals surface area contributed by atoms with Gasteiger partial charge in [-0.3, -0.25) is 0 Å². The lowest BCUT2D eigenvalue weighted by atomic mass is 10.1. The molecule has 3 N–H and O–H groups in total. The first kappa shape index (κ1) is 17.1. The molecule has 6 heteroatoms. The average Bonchev–Trinajstić information content (AvgIpc) is 3.21. The Kier molecular flexibility index (Phi) is 4.95. The minimum absolute atomic E-state index is 0.449. The first-order chi connectivity index (χ1) is 12.7. The molecule has 1 aliphatic heterocycles. The third kappa shape index (κ3) is 3.48. The van der Waals surface area contributed by atoms with Crippen LogP contribution in [0, 0.1) is 6.92 Å². The van der Waals surface area contributed by atoms with Gasteiger partial charge < -0.3 is 24.9 Å². The van der Waals surface area contributed by atoms with E-state index in [1.54, 1.807) is 6.26 Å². The summed E-state index contributed by atoms with van der Waals surface area (Å²) in [5.41, 5.74) is 9.04. The van der Waals surface area contributed by atoms with E-state index >= 15 is 0 Å². The molecule has 1 aliphatic rings. The fourth-order valence-electron chi connectivity index (χ4n) is 3.76. The summed E-state index contributed by atoms with van der Waals surface area (Å²) >= 11 is 0. The Labute approximate surface area is 154 Å². The fourth-order valence-corrected chi connectivity index (χ4v) is 3.76. The largest absolute Gasteiger partial charge is 0.469 e. The zero-order valence-electron chi connectivity index (χ0n) is 15.3. The van der Waals surface area contributed by atoms with Gasteiger partial charge in [-0.2, -0.15) is 0 Å². The van der Waals surface area contributed by atoms with Gasteiger partial charge in [-0.25, -0.2) is 4.98 Å². The normalized spacial score (nSPS) is 16.4. The summed E-state index contributed by atoms with van der Waals surface area (Å²) < 4.78 is 7.74. The van der Waals surface area contributed by atoms with E-state index in [9.17, 15) is 0 Å². The van der Waals surface area contributed by atoms with Crippen LogP contribution in [0.3, 0.4) is 0 Å². The molecule has 4 rings (SSSR count). The lowest BCUT2D eigenvalue weighted by molar-refractivity contribution is 0.224. The summed E-state index contributed by atoms with van der Waals surface area (Å²) in [6.45, 7) is 6.68. The van der Waals surface area contributed by atoms with Crippen LogP contribution in [0.5, 0.6) is 0 Å². The molecule has 1 aromatic carbocycles. The standard InChI is InChI=1S/C20H27N5O/c1-15-16(8-13-26-15)14-25-19-5-3-2-4-18(19)23-20(25)22-17-6-10-24(11-7-17)12-9-21/h2-5,8,13,17H,6-7,9-12,14,21H2,1H3,(H,22,23). The van der Waals surface area contributed by atoms with Crippen LogP contribution in [0.2, 0.25) is 0 Å². The van der Waals surface area contributed by atoms with Crippen LogP contribution >= 0.6 is 0 Å². The zero-order valence-corrected chi connectivity index (χ0v) is 15.3. The summed E-state index contributed by atoms with van der Waals surface area (Å²) in [5, 5.41) is 3.70. The molecule has 0 saturated carbocycles. The number of rotatable bonds is 6. The number of nitrogens with zero attached hydrogens (tertiary/aromatic N) is 3. The highest BCUT2D eigenvalue weighted by molar-refractivity contribution is 5.78. The SMILES string of the molecule is Cc1occc1Cn1c(NC2CCN(CCN)CC2)nc2ccccc21. The summed E-state index contributed by atoms with van der Waals surface area (Å²) in [4.78, 5) is 7.30. The molecular weight excluding hydrogens is 326 g/mol. The number of anilines is 1. The number of nitrogens with one attached hydrogen (secondary N) is 1. The van der Waals surface area contributed by atoms with Gasteiger partial charge in [-0.15, -0.1) is 0 Å². The number of hydrogen-bond acceptors (Lipinski definition) is 5. The van der Waals surface area contributed by atoms with Gasteiger partial charge in [-0.05, 0) is 38.0 Å². The predicted molar refractivity (Wildman–Crippen MR) is 104 cm³/mol. The molecule has 0 amide bonds.